The van der Waals surface area contributed by atoms with Crippen LogP contribution in [0.5, 0.6) is 5.75 Å². The van der Waals surface area contributed by atoms with Crippen LogP contribution in [0.1, 0.15) is 41.4 Å². The molecular weight excluding hydrogens is 320 g/mol. The SMILES string of the molecule is COC1(c2ccccc2)CCCC2NC(=O)c3c(O)c(=O)ccn3C21. The number of hydrogen-bond donors (Lipinski definition) is 2. The number of carbonyl (C=O) groups is 1. The molecule has 4 rings (SSSR count). The summed E-state index contributed by atoms with van der Waals surface area (Å²) in [6.45, 7) is 0. The van der Waals surface area contributed by atoms with Crippen LogP contribution in [-0.2, 0) is 10.3 Å². The van der Waals surface area contributed by atoms with Gasteiger partial charge in [-0.05, 0) is 24.8 Å². The van der Waals surface area contributed by atoms with Crippen LogP contribution in [-0.4, -0.2) is 28.7 Å². The molecule has 1 aromatic carbocycles. The Morgan fingerprint density at radius 1 is 1.24 bits per heavy atom. The van der Waals surface area contributed by atoms with Crippen LogP contribution in [0.3, 0.4) is 0 Å². The van der Waals surface area contributed by atoms with Crippen LogP contribution in [0.4, 0.5) is 0 Å². The van der Waals surface area contributed by atoms with Crippen molar-refractivity contribution in [2.75, 3.05) is 7.11 Å². The molecule has 3 atom stereocenters. The maximum absolute atomic E-state index is 12.5. The van der Waals surface area contributed by atoms with E-state index >= 15 is 0 Å². The Hall–Kier alpha value is -2.60. The zero-order valence-corrected chi connectivity index (χ0v) is 13.9. The van der Waals surface area contributed by atoms with Gasteiger partial charge in [-0.1, -0.05) is 30.3 Å². The first kappa shape index (κ1) is 15.9. The number of methoxy groups -OCH3 is 1. The molecule has 0 saturated heterocycles. The smallest absolute Gasteiger partial charge is 0.272 e. The number of amides is 1. The summed E-state index contributed by atoms with van der Waals surface area (Å²) in [6, 6.07) is 10.8. The van der Waals surface area contributed by atoms with Crippen LogP contribution >= 0.6 is 0 Å². The minimum absolute atomic E-state index is 0.00741. The molecule has 1 aromatic heterocycles. The first-order valence-corrected chi connectivity index (χ1v) is 8.44. The summed E-state index contributed by atoms with van der Waals surface area (Å²) in [6.07, 6.45) is 4.11. The Morgan fingerprint density at radius 3 is 2.72 bits per heavy atom. The molecule has 6 heteroatoms. The van der Waals surface area contributed by atoms with E-state index in [4.69, 9.17) is 4.74 Å². The van der Waals surface area contributed by atoms with Crippen molar-refractivity contribution < 1.29 is 14.6 Å². The standard InChI is InChI=1S/C19H20N2O4/c1-25-19(12-6-3-2-4-7-12)10-5-8-13-17(19)21-11-9-14(22)16(23)15(21)18(24)20-13/h2-4,6-7,9,11,13,17,23H,5,8,10H2,1H3,(H,20,24). The second-order valence-electron chi connectivity index (χ2n) is 6.66. The van der Waals surface area contributed by atoms with E-state index in [-0.39, 0.29) is 17.8 Å². The van der Waals surface area contributed by atoms with Gasteiger partial charge in [0.25, 0.3) is 5.91 Å². The first-order chi connectivity index (χ1) is 12.1. The summed E-state index contributed by atoms with van der Waals surface area (Å²) in [4.78, 5) is 24.3. The summed E-state index contributed by atoms with van der Waals surface area (Å²) >= 11 is 0. The number of ether oxygens (including phenoxy) is 1. The van der Waals surface area contributed by atoms with E-state index in [2.05, 4.69) is 5.32 Å². The number of pyridine rings is 1. The van der Waals surface area contributed by atoms with Crippen molar-refractivity contribution in [3.63, 3.8) is 0 Å². The number of fused-ring (bicyclic) bond motifs is 3. The molecule has 2 aliphatic rings. The van der Waals surface area contributed by atoms with Crippen LogP contribution in [0.2, 0.25) is 0 Å². The Labute approximate surface area is 145 Å². The van der Waals surface area contributed by atoms with Crippen molar-refractivity contribution in [1.29, 1.82) is 0 Å². The minimum atomic E-state index is -0.645. The first-order valence-electron chi connectivity index (χ1n) is 8.44. The van der Waals surface area contributed by atoms with Gasteiger partial charge in [0.2, 0.25) is 5.43 Å². The van der Waals surface area contributed by atoms with Gasteiger partial charge in [0.05, 0.1) is 12.1 Å². The summed E-state index contributed by atoms with van der Waals surface area (Å²) in [5, 5.41) is 13.1. The van der Waals surface area contributed by atoms with Crippen LogP contribution < -0.4 is 10.7 Å². The highest BCUT2D eigenvalue weighted by Gasteiger charge is 2.52. The van der Waals surface area contributed by atoms with Gasteiger partial charge in [-0.15, -0.1) is 0 Å². The second-order valence-corrected chi connectivity index (χ2v) is 6.66. The molecule has 0 radical (unpaired) electrons. The molecule has 6 nitrogen and oxygen atoms in total. The number of carbonyl (C=O) groups excluding carboxylic acids is 1. The average Bonchev–Trinajstić information content (AvgIpc) is 2.64. The van der Waals surface area contributed by atoms with E-state index in [0.717, 1.165) is 24.8 Å². The third-order valence-electron chi connectivity index (χ3n) is 5.48. The third kappa shape index (κ3) is 2.21. The predicted octanol–water partition coefficient (Wildman–Crippen LogP) is 1.93. The summed E-state index contributed by atoms with van der Waals surface area (Å²) in [5.41, 5.74) is -0.174. The highest BCUT2D eigenvalue weighted by molar-refractivity contribution is 5.96. The molecule has 1 aliphatic carbocycles. The van der Waals surface area contributed by atoms with Crippen molar-refractivity contribution in [1.82, 2.24) is 9.88 Å². The lowest BCUT2D eigenvalue weighted by Gasteiger charge is -2.51. The van der Waals surface area contributed by atoms with Crippen molar-refractivity contribution in [2.24, 2.45) is 0 Å². The number of aromatic nitrogens is 1. The fourth-order valence-corrected chi connectivity index (χ4v) is 4.39. The fraction of sp³-hybridized carbons (Fsp3) is 0.368. The van der Waals surface area contributed by atoms with Gasteiger partial charge in [-0.3, -0.25) is 9.59 Å². The number of hydrogen-bond acceptors (Lipinski definition) is 4. The van der Waals surface area contributed by atoms with Crippen molar-refractivity contribution in [3.05, 3.63) is 64.1 Å². The van der Waals surface area contributed by atoms with Gasteiger partial charge >= 0.3 is 0 Å². The van der Waals surface area contributed by atoms with E-state index in [1.54, 1.807) is 17.9 Å². The molecule has 130 valence electrons. The highest BCUT2D eigenvalue weighted by Crippen LogP contribution is 2.49. The normalized spacial score (nSPS) is 28.0. The Balaban J connectivity index is 1.97. The van der Waals surface area contributed by atoms with Crippen molar-refractivity contribution in [2.45, 2.75) is 36.9 Å². The molecule has 1 aliphatic heterocycles. The van der Waals surface area contributed by atoms with Gasteiger partial charge in [0.1, 0.15) is 5.60 Å². The molecule has 2 N–H and O–H groups in total. The largest absolute Gasteiger partial charge is 0.503 e. The Bertz CT molecular complexity index is 877. The van der Waals surface area contributed by atoms with Crippen molar-refractivity contribution in [3.8, 4) is 5.75 Å². The molecular formula is C19H20N2O4. The van der Waals surface area contributed by atoms with E-state index in [0.29, 0.717) is 0 Å². The Kier molecular flexibility index (Phi) is 3.65. The molecule has 2 aromatic rings. The maximum atomic E-state index is 12.5. The highest BCUT2D eigenvalue weighted by atomic mass is 16.5. The number of nitrogens with zero attached hydrogens (tertiary/aromatic N) is 1. The number of aromatic hydroxyl groups is 1. The van der Waals surface area contributed by atoms with Gasteiger partial charge in [0.15, 0.2) is 11.4 Å². The lowest BCUT2D eigenvalue weighted by atomic mass is 9.71. The molecule has 1 fully saturated rings. The molecule has 0 spiro atoms. The van der Waals surface area contributed by atoms with Crippen LogP contribution in [0.25, 0.3) is 0 Å². The molecule has 0 bridgehead atoms. The Morgan fingerprint density at radius 2 is 2.00 bits per heavy atom. The lowest BCUT2D eigenvalue weighted by Crippen LogP contribution is -2.58. The summed E-state index contributed by atoms with van der Waals surface area (Å²) in [5.74, 6) is -0.932. The average molecular weight is 340 g/mol. The van der Waals surface area contributed by atoms with Crippen LogP contribution in [0, 0.1) is 0 Å². The molecule has 25 heavy (non-hydrogen) atoms. The topological polar surface area (TPSA) is 80.6 Å². The molecule has 1 amide bonds. The van der Waals surface area contributed by atoms with E-state index < -0.39 is 22.7 Å². The van der Waals surface area contributed by atoms with E-state index in [1.165, 1.54) is 6.07 Å². The quantitative estimate of drug-likeness (QED) is 0.875. The van der Waals surface area contributed by atoms with Gasteiger partial charge in [-0.2, -0.15) is 0 Å². The van der Waals surface area contributed by atoms with Gasteiger partial charge in [-0.25, -0.2) is 0 Å². The lowest BCUT2D eigenvalue weighted by molar-refractivity contribution is -0.0962. The number of benzene rings is 1. The third-order valence-corrected chi connectivity index (χ3v) is 5.48. The second kappa shape index (κ2) is 5.74. The molecule has 2 heterocycles. The van der Waals surface area contributed by atoms with Crippen LogP contribution in [0.15, 0.2) is 47.4 Å². The summed E-state index contributed by atoms with van der Waals surface area (Å²) < 4.78 is 7.78. The van der Waals surface area contributed by atoms with Crippen molar-refractivity contribution >= 4 is 5.91 Å². The van der Waals surface area contributed by atoms with E-state index in [9.17, 15) is 14.7 Å². The monoisotopic (exact) mass is 340 g/mol. The fourth-order valence-electron chi connectivity index (χ4n) is 4.39. The van der Waals surface area contributed by atoms with E-state index in [1.807, 2.05) is 30.3 Å². The maximum Gasteiger partial charge on any atom is 0.272 e. The number of nitrogens with one attached hydrogen (secondary N) is 1. The van der Waals surface area contributed by atoms with Gasteiger partial charge in [0, 0.05) is 19.4 Å². The zero-order chi connectivity index (χ0) is 17.6. The number of rotatable bonds is 2. The molecule has 3 unspecified atom stereocenters. The zero-order valence-electron chi connectivity index (χ0n) is 13.9. The van der Waals surface area contributed by atoms with Gasteiger partial charge < -0.3 is 19.7 Å². The predicted molar refractivity (Wildman–Crippen MR) is 91.6 cm³/mol. The minimum Gasteiger partial charge on any atom is -0.503 e. The molecule has 1 saturated carbocycles. The summed E-state index contributed by atoms with van der Waals surface area (Å²) in [7, 11) is 1.67.